The molecule has 0 aliphatic heterocycles. The van der Waals surface area contributed by atoms with E-state index in [1.165, 1.54) is 0 Å². The fourth-order valence-electron chi connectivity index (χ4n) is 0. The molecule has 0 amide bonds. The zero-order valence-corrected chi connectivity index (χ0v) is 6.74. The lowest BCUT2D eigenvalue weighted by molar-refractivity contribution is 0.314. The predicted molar refractivity (Wildman–Crippen MR) is 37.7 cm³/mol. The van der Waals surface area contributed by atoms with Gasteiger partial charge in [0.05, 0.1) is 7.11 Å². The normalized spacial score (nSPS) is 9.40. The summed E-state index contributed by atoms with van der Waals surface area (Å²) in [4.78, 5) is 0. The van der Waals surface area contributed by atoms with Gasteiger partial charge < -0.3 is 16.0 Å². The predicted octanol–water partition coefficient (Wildman–Crippen LogP) is -1.72. The van der Waals surface area contributed by atoms with Gasteiger partial charge in [-0.2, -0.15) is 0 Å². The maximum absolute atomic E-state index is 9.22. The van der Waals surface area contributed by atoms with E-state index < -0.39 is 10.4 Å². The van der Waals surface area contributed by atoms with Crippen LogP contribution in [0.3, 0.4) is 0 Å². The van der Waals surface area contributed by atoms with Crippen LogP contribution in [-0.4, -0.2) is 25.2 Å². The highest BCUT2D eigenvalue weighted by atomic mass is 32.3. The Kier molecular flexibility index (Phi) is 6.56. The van der Waals surface area contributed by atoms with Gasteiger partial charge in [-0.15, -0.1) is 0 Å². The molecule has 0 aliphatic carbocycles. The van der Waals surface area contributed by atoms with Gasteiger partial charge in [-0.1, -0.05) is 0 Å². The van der Waals surface area contributed by atoms with Crippen LogP contribution in [-0.2, 0) is 14.6 Å². The molecule has 0 saturated heterocycles. The molecule has 0 atom stereocenters. The number of hydrogen-bond acceptors (Lipinski definition) is 5. The maximum Gasteiger partial charge on any atom is 0.217 e. The highest BCUT2D eigenvalue weighted by molar-refractivity contribution is 7.80. The lowest BCUT2D eigenvalue weighted by Gasteiger charge is -1.98. The second-order valence-corrected chi connectivity index (χ2v) is 2.60. The Morgan fingerprint density at radius 1 is 1.60 bits per heavy atom. The summed E-state index contributed by atoms with van der Waals surface area (Å²) in [5, 5.41) is 0.000000000000000222. The van der Waals surface area contributed by atoms with Gasteiger partial charge in [0.15, 0.2) is 5.11 Å². The monoisotopic (exact) mass is 187 g/mol. The van der Waals surface area contributed by atoms with Gasteiger partial charge >= 0.3 is 0 Å². The van der Waals surface area contributed by atoms with Crippen molar-refractivity contribution in [3.05, 3.63) is 0 Å². The van der Waals surface area contributed by atoms with E-state index in [1.807, 2.05) is 0 Å². The molecule has 0 radical (unpaired) electrons. The summed E-state index contributed by atoms with van der Waals surface area (Å²) in [5.41, 5.74) is 9.24. The first-order valence-electron chi connectivity index (χ1n) is 1.86. The van der Waals surface area contributed by atoms with Crippen molar-refractivity contribution >= 4 is 27.7 Å². The Labute approximate surface area is 64.1 Å². The van der Waals surface area contributed by atoms with Crippen LogP contribution in [0.25, 0.3) is 0 Å². The van der Waals surface area contributed by atoms with E-state index in [-0.39, 0.29) is 5.11 Å². The van der Waals surface area contributed by atoms with E-state index in [1.54, 1.807) is 0 Å². The molecule has 0 aliphatic rings. The Morgan fingerprint density at radius 2 is 1.70 bits per heavy atom. The van der Waals surface area contributed by atoms with Gasteiger partial charge in [0.25, 0.3) is 0 Å². The van der Waals surface area contributed by atoms with E-state index in [4.69, 9.17) is 0 Å². The third kappa shape index (κ3) is 49.6. The summed E-state index contributed by atoms with van der Waals surface area (Å²) in [6.07, 6.45) is 0. The molecule has 10 heavy (non-hydrogen) atoms. The number of nitrogens with two attached hydrogens (primary N) is 2. The maximum atomic E-state index is 9.22. The Morgan fingerprint density at radius 3 is 1.70 bits per heavy atom. The molecular weight excluding hydrogens is 180 g/mol. The Bertz CT molecular complexity index is 181. The summed E-state index contributed by atoms with van der Waals surface area (Å²) < 4.78 is 31.0. The van der Waals surface area contributed by atoms with Crippen LogP contribution in [0.1, 0.15) is 0 Å². The van der Waals surface area contributed by atoms with Crippen molar-refractivity contribution in [1.29, 1.82) is 0 Å². The van der Waals surface area contributed by atoms with Crippen LogP contribution in [0.5, 0.6) is 0 Å². The quantitative estimate of drug-likeness (QED) is 0.285. The van der Waals surface area contributed by atoms with Crippen LogP contribution in [0.2, 0.25) is 0 Å². The van der Waals surface area contributed by atoms with Gasteiger partial charge in [0, 0.05) is 0 Å². The van der Waals surface area contributed by atoms with Crippen LogP contribution in [0.15, 0.2) is 0 Å². The SMILES string of the molecule is COS(=O)(=O)[O-].NC(N)=S. The first-order chi connectivity index (χ1) is 4.29. The summed E-state index contributed by atoms with van der Waals surface area (Å²) in [5.74, 6) is 0. The lowest BCUT2D eigenvalue weighted by Crippen LogP contribution is -2.18. The molecule has 0 fully saturated rings. The Balaban J connectivity index is 0. The first kappa shape index (κ1) is 12.3. The minimum absolute atomic E-state index is 0.000000000000000222. The minimum Gasteiger partial charge on any atom is -0.726 e. The zero-order chi connectivity index (χ0) is 8.78. The zero-order valence-electron chi connectivity index (χ0n) is 5.10. The van der Waals surface area contributed by atoms with Gasteiger partial charge in [-0.25, -0.2) is 8.42 Å². The summed E-state index contributed by atoms with van der Waals surface area (Å²) >= 11 is 4.09. The largest absolute Gasteiger partial charge is 0.726 e. The smallest absolute Gasteiger partial charge is 0.217 e. The molecule has 0 spiro atoms. The van der Waals surface area contributed by atoms with Crippen molar-refractivity contribution < 1.29 is 17.2 Å². The molecular formula is C2H7N2O4S2-. The molecule has 6 nitrogen and oxygen atoms in total. The van der Waals surface area contributed by atoms with Crippen molar-refractivity contribution in [2.45, 2.75) is 0 Å². The van der Waals surface area contributed by atoms with Gasteiger partial charge in [0.1, 0.15) is 0 Å². The number of thiocarbonyl (C=S) groups is 1. The first-order valence-corrected chi connectivity index (χ1v) is 3.60. The second kappa shape index (κ2) is 5.35. The molecule has 0 heterocycles. The summed E-state index contributed by atoms with van der Waals surface area (Å²) in [6, 6.07) is 0. The van der Waals surface area contributed by atoms with Crippen molar-refractivity contribution in [3.8, 4) is 0 Å². The van der Waals surface area contributed by atoms with E-state index in [0.29, 0.717) is 0 Å². The Hall–Kier alpha value is -0.440. The van der Waals surface area contributed by atoms with Crippen LogP contribution in [0, 0.1) is 0 Å². The average molecular weight is 187 g/mol. The van der Waals surface area contributed by atoms with Crippen molar-refractivity contribution in [2.75, 3.05) is 7.11 Å². The number of hydrogen-bond donors (Lipinski definition) is 2. The highest BCUT2D eigenvalue weighted by Gasteiger charge is 1.79. The fraction of sp³-hybridized carbons (Fsp3) is 0.500. The lowest BCUT2D eigenvalue weighted by atomic mass is 11.3. The molecule has 0 aromatic heterocycles. The molecule has 0 aromatic carbocycles. The molecule has 0 unspecified atom stereocenters. The molecule has 0 rings (SSSR count). The average Bonchev–Trinajstić information content (AvgIpc) is 1.63. The van der Waals surface area contributed by atoms with Crippen LogP contribution >= 0.6 is 12.2 Å². The van der Waals surface area contributed by atoms with Crippen LogP contribution in [0.4, 0.5) is 0 Å². The molecule has 8 heteroatoms. The molecule has 4 N–H and O–H groups in total. The van der Waals surface area contributed by atoms with Gasteiger partial charge in [-0.05, 0) is 12.2 Å². The topological polar surface area (TPSA) is 118 Å². The van der Waals surface area contributed by atoms with E-state index in [2.05, 4.69) is 27.9 Å². The van der Waals surface area contributed by atoms with Gasteiger partial charge in [-0.3, -0.25) is 4.18 Å². The minimum atomic E-state index is -4.41. The van der Waals surface area contributed by atoms with Crippen molar-refractivity contribution in [1.82, 2.24) is 0 Å². The standard InChI is InChI=1S/CH4N2S.CH4O4S/c2-1(3)4;1-5-6(2,3)4/h(H4,2,3,4);1H3,(H,2,3,4)/p-1. The highest BCUT2D eigenvalue weighted by Crippen LogP contribution is 1.74. The van der Waals surface area contributed by atoms with E-state index in [0.717, 1.165) is 7.11 Å². The third-order valence-electron chi connectivity index (χ3n) is 0.204. The summed E-state index contributed by atoms with van der Waals surface area (Å²) in [7, 11) is -3.60. The van der Waals surface area contributed by atoms with Crippen LogP contribution < -0.4 is 11.5 Å². The van der Waals surface area contributed by atoms with Gasteiger partial charge in [0.2, 0.25) is 10.4 Å². The molecule has 0 bridgehead atoms. The molecule has 0 aromatic rings. The number of rotatable bonds is 1. The van der Waals surface area contributed by atoms with E-state index >= 15 is 0 Å². The second-order valence-electron chi connectivity index (χ2n) is 0.977. The fourth-order valence-corrected chi connectivity index (χ4v) is 0. The van der Waals surface area contributed by atoms with E-state index in [9.17, 15) is 13.0 Å². The van der Waals surface area contributed by atoms with Crippen molar-refractivity contribution in [3.63, 3.8) is 0 Å². The third-order valence-corrected chi connectivity index (χ3v) is 0.612. The summed E-state index contributed by atoms with van der Waals surface area (Å²) in [6.45, 7) is 0. The van der Waals surface area contributed by atoms with Crippen molar-refractivity contribution in [2.24, 2.45) is 11.5 Å². The molecule has 0 saturated carbocycles. The molecule has 62 valence electrons.